The molecule has 0 aliphatic carbocycles. The van der Waals surface area contributed by atoms with Crippen molar-refractivity contribution < 1.29 is 9.84 Å². The predicted octanol–water partition coefficient (Wildman–Crippen LogP) is 3.46. The Morgan fingerprint density at radius 1 is 1.18 bits per heavy atom. The minimum atomic E-state index is -0.527. The van der Waals surface area contributed by atoms with Gasteiger partial charge in [0.25, 0.3) is 0 Å². The number of hydrogen-bond donors (Lipinski definition) is 1. The molecule has 2 heterocycles. The van der Waals surface area contributed by atoms with E-state index in [1.807, 2.05) is 17.5 Å². The molecule has 0 fully saturated rings. The number of hydrogen-bond acceptors (Lipinski definition) is 3. The SMILES string of the molecule is OC(c1csc(I)c1)c1ccc2c(c1)COC2. The molecule has 4 heteroatoms. The second-order valence-corrected chi connectivity index (χ2v) is 6.91. The lowest BCUT2D eigenvalue weighted by Gasteiger charge is -2.10. The number of benzene rings is 1. The normalized spacial score (nSPS) is 15.9. The van der Waals surface area contributed by atoms with Crippen molar-refractivity contribution in [2.75, 3.05) is 0 Å². The van der Waals surface area contributed by atoms with Crippen LogP contribution in [0.4, 0.5) is 0 Å². The monoisotopic (exact) mass is 358 g/mol. The lowest BCUT2D eigenvalue weighted by Crippen LogP contribution is -1.99. The molecule has 17 heavy (non-hydrogen) atoms. The van der Waals surface area contributed by atoms with E-state index in [9.17, 15) is 5.11 Å². The number of rotatable bonds is 2. The Bertz CT molecular complexity index is 550. The smallest absolute Gasteiger partial charge is 0.105 e. The molecule has 3 rings (SSSR count). The van der Waals surface area contributed by atoms with Crippen LogP contribution in [-0.2, 0) is 18.0 Å². The van der Waals surface area contributed by atoms with Gasteiger partial charge >= 0.3 is 0 Å². The average Bonchev–Trinajstić information content (AvgIpc) is 2.95. The van der Waals surface area contributed by atoms with Gasteiger partial charge in [0.2, 0.25) is 0 Å². The van der Waals surface area contributed by atoms with Crippen LogP contribution in [0.15, 0.2) is 29.6 Å². The van der Waals surface area contributed by atoms with Crippen molar-refractivity contribution in [3.8, 4) is 0 Å². The van der Waals surface area contributed by atoms with Crippen LogP contribution in [0.1, 0.15) is 28.4 Å². The lowest BCUT2D eigenvalue weighted by atomic mass is 10.00. The summed E-state index contributed by atoms with van der Waals surface area (Å²) in [6.07, 6.45) is -0.527. The highest BCUT2D eigenvalue weighted by Crippen LogP contribution is 2.30. The predicted molar refractivity (Wildman–Crippen MR) is 76.0 cm³/mol. The zero-order valence-electron chi connectivity index (χ0n) is 9.02. The summed E-state index contributed by atoms with van der Waals surface area (Å²) in [6.45, 7) is 1.36. The van der Waals surface area contributed by atoms with E-state index in [1.165, 1.54) is 14.0 Å². The minimum Gasteiger partial charge on any atom is -0.384 e. The van der Waals surface area contributed by atoms with Gasteiger partial charge in [-0.2, -0.15) is 0 Å². The topological polar surface area (TPSA) is 29.5 Å². The van der Waals surface area contributed by atoms with Gasteiger partial charge in [-0.25, -0.2) is 0 Å². The summed E-state index contributed by atoms with van der Waals surface area (Å²) in [5.41, 5.74) is 4.36. The van der Waals surface area contributed by atoms with E-state index in [2.05, 4.69) is 34.7 Å². The molecule has 0 spiro atoms. The van der Waals surface area contributed by atoms with E-state index in [4.69, 9.17) is 4.74 Å². The van der Waals surface area contributed by atoms with E-state index >= 15 is 0 Å². The molecule has 0 amide bonds. The van der Waals surface area contributed by atoms with Crippen molar-refractivity contribution in [3.05, 3.63) is 54.8 Å². The van der Waals surface area contributed by atoms with Crippen molar-refractivity contribution in [2.45, 2.75) is 19.3 Å². The molecule has 2 nitrogen and oxygen atoms in total. The first-order valence-electron chi connectivity index (χ1n) is 5.35. The highest BCUT2D eigenvalue weighted by Gasteiger charge is 2.16. The first-order valence-corrected chi connectivity index (χ1v) is 7.31. The molecule has 1 aliphatic rings. The number of halogens is 1. The molecule has 1 atom stereocenters. The molecule has 1 unspecified atom stereocenters. The maximum Gasteiger partial charge on any atom is 0.105 e. The molecule has 88 valence electrons. The fraction of sp³-hybridized carbons (Fsp3) is 0.231. The summed E-state index contributed by atoms with van der Waals surface area (Å²) in [4.78, 5) is 0. The zero-order chi connectivity index (χ0) is 11.8. The fourth-order valence-electron chi connectivity index (χ4n) is 2.02. The first kappa shape index (κ1) is 11.6. The Kier molecular flexibility index (Phi) is 3.21. The number of fused-ring (bicyclic) bond motifs is 1. The van der Waals surface area contributed by atoms with Gasteiger partial charge in [-0.3, -0.25) is 0 Å². The van der Waals surface area contributed by atoms with Crippen LogP contribution in [0.25, 0.3) is 0 Å². The van der Waals surface area contributed by atoms with E-state index in [0.29, 0.717) is 13.2 Å². The number of thiophene rings is 1. The maximum absolute atomic E-state index is 10.3. The van der Waals surface area contributed by atoms with Crippen LogP contribution in [0, 0.1) is 2.88 Å². The average molecular weight is 358 g/mol. The lowest BCUT2D eigenvalue weighted by molar-refractivity contribution is 0.134. The van der Waals surface area contributed by atoms with Crippen LogP contribution in [0.2, 0.25) is 0 Å². The summed E-state index contributed by atoms with van der Waals surface area (Å²) < 4.78 is 6.57. The number of ether oxygens (including phenoxy) is 1. The van der Waals surface area contributed by atoms with Gasteiger partial charge in [0.15, 0.2) is 0 Å². The van der Waals surface area contributed by atoms with Crippen molar-refractivity contribution in [2.24, 2.45) is 0 Å². The van der Waals surface area contributed by atoms with E-state index in [0.717, 1.165) is 11.1 Å². The molecule has 2 aromatic rings. The third-order valence-electron chi connectivity index (χ3n) is 2.96. The third kappa shape index (κ3) is 2.27. The minimum absolute atomic E-state index is 0.527. The second kappa shape index (κ2) is 4.68. The van der Waals surface area contributed by atoms with Gasteiger partial charge in [0.05, 0.1) is 16.1 Å². The molecule has 0 saturated heterocycles. The van der Waals surface area contributed by atoms with Crippen molar-refractivity contribution in [1.29, 1.82) is 0 Å². The number of aliphatic hydroxyl groups is 1. The largest absolute Gasteiger partial charge is 0.384 e. The van der Waals surface area contributed by atoms with E-state index in [1.54, 1.807) is 11.3 Å². The third-order valence-corrected chi connectivity index (χ3v) is 4.77. The van der Waals surface area contributed by atoms with Crippen molar-refractivity contribution in [3.63, 3.8) is 0 Å². The van der Waals surface area contributed by atoms with E-state index in [-0.39, 0.29) is 0 Å². The van der Waals surface area contributed by atoms with Crippen LogP contribution >= 0.6 is 33.9 Å². The summed E-state index contributed by atoms with van der Waals surface area (Å²) in [7, 11) is 0. The molecular weight excluding hydrogens is 347 g/mol. The molecule has 1 aromatic heterocycles. The van der Waals surface area contributed by atoms with Gasteiger partial charge in [0, 0.05) is 0 Å². The molecule has 0 radical (unpaired) electrons. The highest BCUT2D eigenvalue weighted by atomic mass is 127. The Hall–Kier alpha value is -0.430. The van der Waals surface area contributed by atoms with Crippen LogP contribution in [0.3, 0.4) is 0 Å². The summed E-state index contributed by atoms with van der Waals surface area (Å²) in [5.74, 6) is 0. The number of aliphatic hydroxyl groups excluding tert-OH is 1. The zero-order valence-corrected chi connectivity index (χ0v) is 12.0. The van der Waals surface area contributed by atoms with Crippen LogP contribution < -0.4 is 0 Å². The van der Waals surface area contributed by atoms with Crippen molar-refractivity contribution in [1.82, 2.24) is 0 Å². The van der Waals surface area contributed by atoms with Gasteiger partial charge in [-0.15, -0.1) is 11.3 Å². The standard InChI is InChI=1S/C13H11IO2S/c14-12-4-11(7-17-12)13(15)8-1-2-9-5-16-6-10(9)3-8/h1-4,7,13,15H,5-6H2. The van der Waals surface area contributed by atoms with Gasteiger partial charge in [-0.1, -0.05) is 18.2 Å². The Labute approximate surface area is 117 Å². The van der Waals surface area contributed by atoms with Gasteiger partial charge in [-0.05, 0) is 56.3 Å². The van der Waals surface area contributed by atoms with Crippen LogP contribution in [-0.4, -0.2) is 5.11 Å². The molecule has 0 bridgehead atoms. The Morgan fingerprint density at radius 3 is 2.76 bits per heavy atom. The Morgan fingerprint density at radius 2 is 2.00 bits per heavy atom. The second-order valence-electron chi connectivity index (χ2n) is 4.11. The molecule has 1 aliphatic heterocycles. The fourth-order valence-corrected chi connectivity index (χ4v) is 3.41. The molecule has 1 aromatic carbocycles. The summed E-state index contributed by atoms with van der Waals surface area (Å²) >= 11 is 3.92. The van der Waals surface area contributed by atoms with Crippen molar-refractivity contribution >= 4 is 33.9 Å². The van der Waals surface area contributed by atoms with Gasteiger partial charge < -0.3 is 9.84 Å². The maximum atomic E-state index is 10.3. The van der Waals surface area contributed by atoms with Gasteiger partial charge in [0.1, 0.15) is 6.10 Å². The molecule has 1 N–H and O–H groups in total. The van der Waals surface area contributed by atoms with E-state index < -0.39 is 6.10 Å². The highest BCUT2D eigenvalue weighted by molar-refractivity contribution is 14.1. The molecular formula is C13H11IO2S. The Balaban J connectivity index is 1.94. The summed E-state index contributed by atoms with van der Waals surface area (Å²) in [5, 5.41) is 12.3. The molecule has 0 saturated carbocycles. The van der Waals surface area contributed by atoms with Crippen LogP contribution in [0.5, 0.6) is 0 Å². The quantitative estimate of drug-likeness (QED) is 0.834. The first-order chi connectivity index (χ1) is 8.24. The summed E-state index contributed by atoms with van der Waals surface area (Å²) in [6, 6.07) is 8.12.